The Morgan fingerprint density at radius 3 is 2.37 bits per heavy atom. The third kappa shape index (κ3) is 4.46. The molecule has 1 rings (SSSR count). The first-order valence-electron chi connectivity index (χ1n) is 7.65. The average Bonchev–Trinajstić information content (AvgIpc) is 2.45. The van der Waals surface area contributed by atoms with E-state index in [1.807, 2.05) is 13.8 Å². The van der Waals surface area contributed by atoms with Gasteiger partial charge in [-0.3, -0.25) is 0 Å². The molecule has 2 N–H and O–H groups in total. The molecular weight excluding hydrogens is 242 g/mol. The molecule has 1 aliphatic carbocycles. The molecule has 4 nitrogen and oxygen atoms in total. The van der Waals surface area contributed by atoms with E-state index in [1.165, 1.54) is 6.42 Å². The fourth-order valence-corrected chi connectivity index (χ4v) is 2.82. The predicted octanol–water partition coefficient (Wildman–Crippen LogP) is 2.64. The highest BCUT2D eigenvalue weighted by Gasteiger charge is 2.38. The fraction of sp³-hybridized carbons (Fsp3) is 0.933. The zero-order valence-electron chi connectivity index (χ0n) is 12.6. The molecule has 1 aliphatic rings. The normalized spacial score (nSPS) is 28.9. The van der Waals surface area contributed by atoms with Gasteiger partial charge in [0.15, 0.2) is 6.10 Å². The molecule has 1 unspecified atom stereocenters. The minimum absolute atomic E-state index is 0.254. The average molecular weight is 271 g/mol. The van der Waals surface area contributed by atoms with Gasteiger partial charge in [0.05, 0.1) is 12.2 Å². The highest BCUT2D eigenvalue weighted by molar-refractivity contribution is 5.74. The molecule has 0 heterocycles. The minimum atomic E-state index is -0.471. The zero-order chi connectivity index (χ0) is 14.3. The van der Waals surface area contributed by atoms with Crippen LogP contribution in [0.15, 0.2) is 0 Å². The van der Waals surface area contributed by atoms with Crippen LogP contribution >= 0.6 is 0 Å². The van der Waals surface area contributed by atoms with E-state index in [-0.39, 0.29) is 11.6 Å². The van der Waals surface area contributed by atoms with Gasteiger partial charge in [-0.15, -0.1) is 0 Å². The van der Waals surface area contributed by atoms with Crippen LogP contribution in [0.1, 0.15) is 59.3 Å². The Hall–Kier alpha value is -0.610. The van der Waals surface area contributed by atoms with E-state index < -0.39 is 6.10 Å². The number of nitrogens with two attached hydrogens (primary N) is 1. The summed E-state index contributed by atoms with van der Waals surface area (Å²) < 4.78 is 11.1. The molecule has 0 aliphatic heterocycles. The van der Waals surface area contributed by atoms with Crippen LogP contribution in [0.5, 0.6) is 0 Å². The van der Waals surface area contributed by atoms with Gasteiger partial charge in [-0.2, -0.15) is 0 Å². The van der Waals surface area contributed by atoms with Gasteiger partial charge in [0.2, 0.25) is 0 Å². The van der Waals surface area contributed by atoms with E-state index >= 15 is 0 Å². The molecule has 0 spiro atoms. The van der Waals surface area contributed by atoms with E-state index in [1.54, 1.807) is 0 Å². The van der Waals surface area contributed by atoms with Gasteiger partial charge < -0.3 is 15.2 Å². The zero-order valence-corrected chi connectivity index (χ0v) is 12.6. The lowest BCUT2D eigenvalue weighted by atomic mass is 9.77. The van der Waals surface area contributed by atoms with Gasteiger partial charge in [0, 0.05) is 6.54 Å². The number of carbonyl (C=O) groups is 1. The van der Waals surface area contributed by atoms with E-state index in [2.05, 4.69) is 6.92 Å². The van der Waals surface area contributed by atoms with Crippen LogP contribution in [0.4, 0.5) is 0 Å². The van der Waals surface area contributed by atoms with E-state index in [0.29, 0.717) is 19.6 Å². The van der Waals surface area contributed by atoms with E-state index in [0.717, 1.165) is 31.6 Å². The van der Waals surface area contributed by atoms with Crippen molar-refractivity contribution in [2.45, 2.75) is 71.0 Å². The quantitative estimate of drug-likeness (QED) is 0.723. The number of esters is 1. The van der Waals surface area contributed by atoms with Crippen molar-refractivity contribution >= 4 is 5.97 Å². The van der Waals surface area contributed by atoms with Crippen molar-refractivity contribution in [3.05, 3.63) is 0 Å². The van der Waals surface area contributed by atoms with Gasteiger partial charge in [-0.25, -0.2) is 4.79 Å². The molecule has 0 aromatic rings. The summed E-state index contributed by atoms with van der Waals surface area (Å²) in [7, 11) is 0. The van der Waals surface area contributed by atoms with Gasteiger partial charge in [-0.05, 0) is 44.9 Å². The van der Waals surface area contributed by atoms with Crippen molar-refractivity contribution in [1.82, 2.24) is 0 Å². The molecule has 0 bridgehead atoms. The Kier molecular flexibility index (Phi) is 6.80. The summed E-state index contributed by atoms with van der Waals surface area (Å²) in [6, 6.07) is 0. The second kappa shape index (κ2) is 7.85. The monoisotopic (exact) mass is 271 g/mol. The lowest BCUT2D eigenvalue weighted by molar-refractivity contribution is -0.174. The lowest BCUT2D eigenvalue weighted by Crippen LogP contribution is -2.48. The number of carbonyl (C=O) groups excluding carboxylic acids is 1. The summed E-state index contributed by atoms with van der Waals surface area (Å²) in [6.45, 7) is 6.87. The number of rotatable bonds is 7. The molecule has 4 heteroatoms. The topological polar surface area (TPSA) is 61.5 Å². The number of ether oxygens (including phenoxy) is 2. The predicted molar refractivity (Wildman–Crippen MR) is 75.8 cm³/mol. The molecule has 1 atom stereocenters. The standard InChI is InChI=1S/C15H29NO3/c1-4-12-7-9-15(11-16,10-8-12)19-13(5-2)14(17)18-6-3/h12-13H,4-11,16H2,1-3H3. The SMILES string of the molecule is CCOC(=O)C(CC)OC1(CN)CCC(CC)CC1. The van der Waals surface area contributed by atoms with Crippen LogP contribution in [0.2, 0.25) is 0 Å². The second-order valence-electron chi connectivity index (χ2n) is 5.51. The summed E-state index contributed by atoms with van der Waals surface area (Å²) in [4.78, 5) is 11.8. The third-order valence-corrected chi connectivity index (χ3v) is 4.28. The highest BCUT2D eigenvalue weighted by atomic mass is 16.6. The molecule has 0 saturated heterocycles. The summed E-state index contributed by atoms with van der Waals surface area (Å²) >= 11 is 0. The number of hydrogen-bond acceptors (Lipinski definition) is 4. The van der Waals surface area contributed by atoms with Crippen LogP contribution in [-0.2, 0) is 14.3 Å². The Morgan fingerprint density at radius 2 is 1.95 bits per heavy atom. The Labute approximate surface area is 117 Å². The maximum atomic E-state index is 11.8. The molecule has 1 saturated carbocycles. The maximum Gasteiger partial charge on any atom is 0.335 e. The molecule has 112 valence electrons. The van der Waals surface area contributed by atoms with Crippen molar-refractivity contribution in [2.75, 3.05) is 13.2 Å². The molecular formula is C15H29NO3. The first-order chi connectivity index (χ1) is 9.10. The van der Waals surface area contributed by atoms with Crippen molar-refractivity contribution in [1.29, 1.82) is 0 Å². The van der Waals surface area contributed by atoms with Crippen molar-refractivity contribution in [3.63, 3.8) is 0 Å². The van der Waals surface area contributed by atoms with Crippen LogP contribution < -0.4 is 5.73 Å². The molecule has 0 amide bonds. The van der Waals surface area contributed by atoms with Crippen molar-refractivity contribution in [3.8, 4) is 0 Å². The molecule has 0 aromatic carbocycles. The van der Waals surface area contributed by atoms with Crippen LogP contribution in [0.25, 0.3) is 0 Å². The van der Waals surface area contributed by atoms with Crippen LogP contribution in [-0.4, -0.2) is 30.8 Å². The van der Waals surface area contributed by atoms with Gasteiger partial charge >= 0.3 is 5.97 Å². The maximum absolute atomic E-state index is 11.8. The summed E-state index contributed by atoms with van der Waals surface area (Å²) in [6.07, 6.45) is 5.59. The first kappa shape index (κ1) is 16.4. The summed E-state index contributed by atoms with van der Waals surface area (Å²) in [5, 5.41) is 0. The molecule has 1 fully saturated rings. The van der Waals surface area contributed by atoms with Gasteiger partial charge in [0.1, 0.15) is 0 Å². The fourth-order valence-electron chi connectivity index (χ4n) is 2.82. The molecule has 19 heavy (non-hydrogen) atoms. The largest absolute Gasteiger partial charge is 0.464 e. The lowest BCUT2D eigenvalue weighted by Gasteiger charge is -2.40. The molecule has 0 aromatic heterocycles. The van der Waals surface area contributed by atoms with Crippen molar-refractivity contribution in [2.24, 2.45) is 11.7 Å². The molecule has 0 radical (unpaired) electrons. The second-order valence-corrected chi connectivity index (χ2v) is 5.51. The first-order valence-corrected chi connectivity index (χ1v) is 7.65. The van der Waals surface area contributed by atoms with Crippen LogP contribution in [0.3, 0.4) is 0 Å². The smallest absolute Gasteiger partial charge is 0.335 e. The highest BCUT2D eigenvalue weighted by Crippen LogP contribution is 2.36. The van der Waals surface area contributed by atoms with Crippen LogP contribution in [0, 0.1) is 5.92 Å². The minimum Gasteiger partial charge on any atom is -0.464 e. The van der Waals surface area contributed by atoms with E-state index in [9.17, 15) is 4.79 Å². The summed E-state index contributed by atoms with van der Waals surface area (Å²) in [5.74, 6) is 0.529. The van der Waals surface area contributed by atoms with Crippen molar-refractivity contribution < 1.29 is 14.3 Å². The Balaban J connectivity index is 2.61. The van der Waals surface area contributed by atoms with Gasteiger partial charge in [0.25, 0.3) is 0 Å². The Morgan fingerprint density at radius 1 is 1.32 bits per heavy atom. The van der Waals surface area contributed by atoms with E-state index in [4.69, 9.17) is 15.2 Å². The number of hydrogen-bond donors (Lipinski definition) is 1. The Bertz CT molecular complexity index is 273. The van der Waals surface area contributed by atoms with Gasteiger partial charge in [-0.1, -0.05) is 20.3 Å². The third-order valence-electron chi connectivity index (χ3n) is 4.28. The summed E-state index contributed by atoms with van der Waals surface area (Å²) in [5.41, 5.74) is 5.60.